The number of aromatic nitrogens is 1. The lowest BCUT2D eigenvalue weighted by Crippen LogP contribution is -2.09. The first-order valence-corrected chi connectivity index (χ1v) is 11.6. The third-order valence-electron chi connectivity index (χ3n) is 5.40. The van der Waals surface area contributed by atoms with Gasteiger partial charge in [0.15, 0.2) is 5.76 Å². The van der Waals surface area contributed by atoms with Gasteiger partial charge >= 0.3 is 10.1 Å². The number of hydrogen-bond donors (Lipinski definition) is 0. The average molecular weight is 463 g/mol. The Kier molecular flexibility index (Phi) is 5.02. The predicted molar refractivity (Wildman–Crippen MR) is 121 cm³/mol. The molecule has 0 radical (unpaired) electrons. The highest BCUT2D eigenvalue weighted by molar-refractivity contribution is 7.87. The average Bonchev–Trinajstić information content (AvgIpc) is 3.31. The van der Waals surface area contributed by atoms with Crippen molar-refractivity contribution in [2.75, 3.05) is 0 Å². The Labute approximate surface area is 189 Å². The van der Waals surface area contributed by atoms with Crippen LogP contribution in [0.3, 0.4) is 0 Å². The Morgan fingerprint density at radius 2 is 1.82 bits per heavy atom. The monoisotopic (exact) mass is 463 g/mol. The molecule has 0 bridgehead atoms. The van der Waals surface area contributed by atoms with Gasteiger partial charge in [0.25, 0.3) is 0 Å². The smallest absolute Gasteiger partial charge is 0.339 e. The van der Waals surface area contributed by atoms with Gasteiger partial charge in [0.1, 0.15) is 22.2 Å². The number of allylic oxidation sites excluding steroid dienone is 1. The number of Topliss-reactive ketones (excluding diaryl/α,β-unsaturated/α-hetero) is 1. The summed E-state index contributed by atoms with van der Waals surface area (Å²) in [4.78, 5) is 12.7. The Balaban J connectivity index is 1.45. The molecule has 0 atom stereocenters. The third kappa shape index (κ3) is 3.78. The molecule has 5 rings (SSSR count). The first-order chi connectivity index (χ1) is 15.9. The molecule has 8 heteroatoms. The molecule has 1 aliphatic rings. The second-order valence-electron chi connectivity index (χ2n) is 7.48. The number of aryl methyl sites for hydroxylation is 1. The van der Waals surface area contributed by atoms with Gasteiger partial charge in [-0.15, -0.1) is 0 Å². The maximum absolute atomic E-state index is 13.1. The summed E-state index contributed by atoms with van der Waals surface area (Å²) in [5.74, 6) is -0.527. The molecule has 1 aromatic heterocycles. The zero-order chi connectivity index (χ0) is 23.2. The lowest BCUT2D eigenvalue weighted by molar-refractivity contribution is 0.101. The molecular formula is C25H18FNO5S. The standard InChI is InChI=1S/C25H18FNO5S/c1-2-27-15-16(20-5-3-4-6-22(20)27)13-24-25(28)21-12-9-18(14-23(21)31-24)32-33(29,30)19-10-7-17(26)8-11-19/h3-15H,2H2,1H3. The van der Waals surface area contributed by atoms with E-state index in [-0.39, 0.29) is 27.9 Å². The van der Waals surface area contributed by atoms with E-state index in [1.807, 2.05) is 37.4 Å². The van der Waals surface area contributed by atoms with Crippen molar-refractivity contribution < 1.29 is 26.5 Å². The van der Waals surface area contributed by atoms with Crippen molar-refractivity contribution in [3.63, 3.8) is 0 Å². The van der Waals surface area contributed by atoms with E-state index >= 15 is 0 Å². The van der Waals surface area contributed by atoms with Crippen LogP contribution < -0.4 is 8.92 Å². The lowest BCUT2D eigenvalue weighted by Gasteiger charge is -2.07. The van der Waals surface area contributed by atoms with Gasteiger partial charge in [-0.1, -0.05) is 18.2 Å². The maximum atomic E-state index is 13.1. The van der Waals surface area contributed by atoms with Crippen molar-refractivity contribution >= 4 is 32.9 Å². The van der Waals surface area contributed by atoms with E-state index < -0.39 is 15.9 Å². The molecule has 33 heavy (non-hydrogen) atoms. The number of hydrogen-bond acceptors (Lipinski definition) is 5. The highest BCUT2D eigenvalue weighted by Gasteiger charge is 2.29. The zero-order valence-electron chi connectivity index (χ0n) is 17.5. The fraction of sp³-hybridized carbons (Fsp3) is 0.0800. The second kappa shape index (κ2) is 7.90. The minimum absolute atomic E-state index is 0.0188. The van der Waals surface area contributed by atoms with E-state index in [1.165, 1.54) is 18.2 Å². The number of nitrogens with zero attached hydrogens (tertiary/aromatic N) is 1. The first-order valence-electron chi connectivity index (χ1n) is 10.2. The number of para-hydroxylation sites is 1. The van der Waals surface area contributed by atoms with Gasteiger partial charge in [-0.25, -0.2) is 4.39 Å². The summed E-state index contributed by atoms with van der Waals surface area (Å²) < 4.78 is 51.0. The number of rotatable bonds is 5. The number of fused-ring (bicyclic) bond motifs is 2. The molecule has 0 fully saturated rings. The summed E-state index contributed by atoms with van der Waals surface area (Å²) in [6.07, 6.45) is 3.65. The summed E-state index contributed by atoms with van der Waals surface area (Å²) in [7, 11) is -4.17. The fourth-order valence-corrected chi connectivity index (χ4v) is 4.71. The minimum Gasteiger partial charge on any atom is -0.452 e. The summed E-state index contributed by atoms with van der Waals surface area (Å²) in [6.45, 7) is 2.82. The largest absolute Gasteiger partial charge is 0.452 e. The molecule has 0 saturated heterocycles. The SMILES string of the molecule is CCn1cc(C=C2Oc3cc(OS(=O)(=O)c4ccc(F)cc4)ccc3C2=O)c2ccccc21. The number of ether oxygens (including phenoxy) is 1. The summed E-state index contributed by atoms with van der Waals surface area (Å²) in [5, 5.41) is 0.994. The Hall–Kier alpha value is -3.91. The van der Waals surface area contributed by atoms with E-state index in [2.05, 4.69) is 4.57 Å². The third-order valence-corrected chi connectivity index (χ3v) is 6.66. The van der Waals surface area contributed by atoms with Crippen molar-refractivity contribution in [3.05, 3.63) is 95.6 Å². The van der Waals surface area contributed by atoms with Crippen LogP contribution in [-0.4, -0.2) is 18.8 Å². The molecule has 0 N–H and O–H groups in total. The normalized spacial score (nSPS) is 14.5. The van der Waals surface area contributed by atoms with Crippen LogP contribution >= 0.6 is 0 Å². The molecule has 2 heterocycles. The number of ketones is 1. The van der Waals surface area contributed by atoms with Crippen LogP contribution in [-0.2, 0) is 16.7 Å². The lowest BCUT2D eigenvalue weighted by atomic mass is 10.1. The highest BCUT2D eigenvalue weighted by atomic mass is 32.2. The van der Waals surface area contributed by atoms with Crippen LogP contribution in [0.5, 0.6) is 11.5 Å². The molecule has 1 aliphatic heterocycles. The quantitative estimate of drug-likeness (QED) is 0.301. The van der Waals surface area contributed by atoms with E-state index in [0.717, 1.165) is 47.3 Å². The Morgan fingerprint density at radius 3 is 2.58 bits per heavy atom. The number of halogens is 1. The molecule has 0 aliphatic carbocycles. The van der Waals surface area contributed by atoms with Gasteiger partial charge in [0, 0.05) is 35.3 Å². The van der Waals surface area contributed by atoms with Crippen LogP contribution in [0.2, 0.25) is 0 Å². The van der Waals surface area contributed by atoms with E-state index in [0.29, 0.717) is 5.56 Å². The van der Waals surface area contributed by atoms with Crippen LogP contribution in [0.15, 0.2) is 83.6 Å². The van der Waals surface area contributed by atoms with Crippen molar-refractivity contribution in [2.45, 2.75) is 18.4 Å². The molecular weight excluding hydrogens is 445 g/mol. The topological polar surface area (TPSA) is 74.6 Å². The second-order valence-corrected chi connectivity index (χ2v) is 9.02. The highest BCUT2D eigenvalue weighted by Crippen LogP contribution is 2.36. The molecule has 166 valence electrons. The fourth-order valence-electron chi connectivity index (χ4n) is 3.79. The van der Waals surface area contributed by atoms with Gasteiger partial charge in [0.05, 0.1) is 5.56 Å². The zero-order valence-corrected chi connectivity index (χ0v) is 18.3. The van der Waals surface area contributed by atoms with Gasteiger partial charge in [-0.05, 0) is 55.5 Å². The number of carbonyl (C=O) groups excluding carboxylic acids is 1. The molecule has 0 spiro atoms. The molecule has 3 aromatic carbocycles. The molecule has 0 amide bonds. The molecule has 0 unspecified atom stereocenters. The number of carbonyl (C=O) groups is 1. The van der Waals surface area contributed by atoms with E-state index in [4.69, 9.17) is 8.92 Å². The van der Waals surface area contributed by atoms with Gasteiger partial charge < -0.3 is 13.5 Å². The van der Waals surface area contributed by atoms with E-state index in [9.17, 15) is 17.6 Å². The minimum atomic E-state index is -4.17. The van der Waals surface area contributed by atoms with Crippen molar-refractivity contribution in [1.82, 2.24) is 4.57 Å². The molecule has 0 saturated carbocycles. The number of benzene rings is 3. The van der Waals surface area contributed by atoms with Crippen molar-refractivity contribution in [1.29, 1.82) is 0 Å². The Bertz CT molecular complexity index is 1540. The maximum Gasteiger partial charge on any atom is 0.339 e. The van der Waals surface area contributed by atoms with Crippen LogP contribution in [0.4, 0.5) is 4.39 Å². The van der Waals surface area contributed by atoms with Gasteiger partial charge in [-0.3, -0.25) is 4.79 Å². The summed E-state index contributed by atoms with van der Waals surface area (Å²) in [5.41, 5.74) is 2.21. The predicted octanol–water partition coefficient (Wildman–Crippen LogP) is 5.18. The van der Waals surface area contributed by atoms with Gasteiger partial charge in [0.2, 0.25) is 5.78 Å². The summed E-state index contributed by atoms with van der Waals surface area (Å²) >= 11 is 0. The van der Waals surface area contributed by atoms with Crippen LogP contribution in [0, 0.1) is 5.82 Å². The van der Waals surface area contributed by atoms with Crippen LogP contribution in [0.25, 0.3) is 17.0 Å². The van der Waals surface area contributed by atoms with Gasteiger partial charge in [-0.2, -0.15) is 8.42 Å². The molecule has 6 nitrogen and oxygen atoms in total. The van der Waals surface area contributed by atoms with Crippen LogP contribution in [0.1, 0.15) is 22.8 Å². The van der Waals surface area contributed by atoms with E-state index in [1.54, 1.807) is 6.08 Å². The van der Waals surface area contributed by atoms with Crippen molar-refractivity contribution in [3.8, 4) is 11.5 Å². The molecule has 4 aromatic rings. The van der Waals surface area contributed by atoms with Crippen molar-refractivity contribution in [2.24, 2.45) is 0 Å². The Morgan fingerprint density at radius 1 is 1.06 bits per heavy atom. The summed E-state index contributed by atoms with van der Waals surface area (Å²) in [6, 6.07) is 16.4. The first kappa shape index (κ1) is 21.0.